The van der Waals surface area contributed by atoms with Crippen LogP contribution in [0.4, 0.5) is 0 Å². The molecule has 108 valence electrons. The third-order valence-corrected chi connectivity index (χ3v) is 15.0. The zero-order chi connectivity index (χ0) is 13.8. The maximum absolute atomic E-state index is 3.86. The van der Waals surface area contributed by atoms with E-state index in [2.05, 4.69) is 95.6 Å². The number of hydrogen-bond acceptors (Lipinski definition) is 0. The summed E-state index contributed by atoms with van der Waals surface area (Å²) in [5.74, 6) is 0. The van der Waals surface area contributed by atoms with Gasteiger partial charge in [-0.05, 0) is 12.8 Å². The predicted octanol–water partition coefficient (Wildman–Crippen LogP) is 7.62. The van der Waals surface area contributed by atoms with Crippen molar-refractivity contribution in [2.45, 2.75) is 67.5 Å². The molecule has 0 nitrogen and oxygen atoms in total. The molecule has 0 radical (unpaired) electrons. The molecule has 6 heteroatoms. The van der Waals surface area contributed by atoms with Crippen LogP contribution in [0, 0.1) is 0 Å². The quantitative estimate of drug-likeness (QED) is 0.239. The summed E-state index contributed by atoms with van der Waals surface area (Å²) in [6.07, 6.45) is 10.3. The highest BCUT2D eigenvalue weighted by Crippen LogP contribution is 2.57. The average molecular weight is 642 g/mol. The van der Waals surface area contributed by atoms with E-state index in [4.69, 9.17) is 0 Å². The van der Waals surface area contributed by atoms with Crippen LogP contribution in [0.3, 0.4) is 0 Å². The molecule has 0 amide bonds. The molecule has 0 aliphatic heterocycles. The number of rotatable bonds is 0. The first-order chi connectivity index (χ1) is 8.30. The molecule has 0 saturated heterocycles. The lowest BCUT2D eigenvalue weighted by Gasteiger charge is -2.41. The van der Waals surface area contributed by atoms with Gasteiger partial charge in [-0.1, -0.05) is 134 Å². The van der Waals surface area contributed by atoms with Crippen molar-refractivity contribution >= 4 is 95.6 Å². The lowest BCUT2D eigenvalue weighted by molar-refractivity contribution is 0.519. The summed E-state index contributed by atoms with van der Waals surface area (Å²) in [6, 6.07) is 0. The molecule has 18 heavy (non-hydrogen) atoms. The van der Waals surface area contributed by atoms with Crippen molar-refractivity contribution in [1.82, 2.24) is 0 Å². The van der Waals surface area contributed by atoms with Crippen molar-refractivity contribution in [2.24, 2.45) is 0 Å². The summed E-state index contributed by atoms with van der Waals surface area (Å²) < 4.78 is -0.444. The Hall–Kier alpha value is 2.88. The molecule has 2 unspecified atom stereocenters. The molecule has 0 spiro atoms. The molecule has 1 fully saturated rings. The third-order valence-electron chi connectivity index (χ3n) is 3.40. The fourth-order valence-corrected chi connectivity index (χ4v) is 6.75. The normalized spacial score (nSPS) is 34.3. The molecule has 1 saturated carbocycles. The van der Waals surface area contributed by atoms with Crippen LogP contribution in [0.5, 0.6) is 0 Å². The Balaban J connectivity index is 2.81. The Bertz CT molecular complexity index is 227. The molecule has 0 aromatic carbocycles. The van der Waals surface area contributed by atoms with Crippen LogP contribution in [0.2, 0.25) is 0 Å². The van der Waals surface area contributed by atoms with Crippen molar-refractivity contribution in [3.63, 3.8) is 0 Å². The van der Waals surface area contributed by atoms with Gasteiger partial charge in [0.1, 0.15) is 6.47 Å². The van der Waals surface area contributed by atoms with Crippen molar-refractivity contribution in [3.8, 4) is 0 Å². The summed E-state index contributed by atoms with van der Waals surface area (Å²) in [5.41, 5.74) is 0. The monoisotopic (exact) mass is 636 g/mol. The van der Waals surface area contributed by atoms with Gasteiger partial charge >= 0.3 is 0 Å². The highest BCUT2D eigenvalue weighted by Gasteiger charge is 2.52. The van der Waals surface area contributed by atoms with Crippen LogP contribution >= 0.6 is 95.6 Å². The van der Waals surface area contributed by atoms with E-state index in [1.54, 1.807) is 0 Å². The van der Waals surface area contributed by atoms with Gasteiger partial charge in [-0.25, -0.2) is 0 Å². The second kappa shape index (κ2) is 8.50. The van der Waals surface area contributed by atoms with E-state index < -0.39 is 0 Å². The van der Waals surface area contributed by atoms with E-state index in [9.17, 15) is 0 Å². The second-order valence-corrected chi connectivity index (χ2v) is 14.2. The first kappa shape index (κ1) is 18.9. The fraction of sp³-hybridized carbons (Fsp3) is 1.00. The van der Waals surface area contributed by atoms with Gasteiger partial charge in [0.15, 0.2) is 0 Å². The van der Waals surface area contributed by atoms with Gasteiger partial charge in [0.25, 0.3) is 0 Å². The zero-order valence-corrected chi connectivity index (χ0v) is 19.6. The van der Waals surface area contributed by atoms with E-state index in [1.165, 1.54) is 38.5 Å². The van der Waals surface area contributed by atoms with Gasteiger partial charge in [-0.2, -0.15) is 0 Å². The van der Waals surface area contributed by atoms with Crippen LogP contribution in [-0.4, -0.2) is 16.1 Å². The van der Waals surface area contributed by atoms with Crippen LogP contribution in [-0.2, 0) is 0 Å². The Morgan fingerprint density at radius 1 is 0.556 bits per heavy atom. The molecule has 0 aromatic heterocycles. The Morgan fingerprint density at radius 2 is 0.833 bits per heavy atom. The first-order valence-electron chi connectivity index (χ1n) is 6.34. The minimum atomic E-state index is -0.222. The molecular formula is C12H18Br6. The molecule has 0 bridgehead atoms. The van der Waals surface area contributed by atoms with Gasteiger partial charge in [0.05, 0.1) is 0 Å². The molecule has 1 rings (SSSR count). The van der Waals surface area contributed by atoms with Crippen molar-refractivity contribution in [3.05, 3.63) is 0 Å². The van der Waals surface area contributed by atoms with Crippen molar-refractivity contribution < 1.29 is 0 Å². The number of halogens is 6. The second-order valence-electron chi connectivity index (χ2n) is 4.88. The summed E-state index contributed by atoms with van der Waals surface area (Å²) in [6.45, 7) is 0. The molecule has 1 aliphatic carbocycles. The summed E-state index contributed by atoms with van der Waals surface area (Å²) in [7, 11) is 0. The van der Waals surface area contributed by atoms with E-state index in [0.717, 1.165) is 12.8 Å². The van der Waals surface area contributed by atoms with E-state index in [0.29, 0.717) is 9.65 Å². The van der Waals surface area contributed by atoms with E-state index in [-0.39, 0.29) is 6.47 Å². The van der Waals surface area contributed by atoms with E-state index in [1.807, 2.05) is 0 Å². The number of hydrogen-bond donors (Lipinski definition) is 0. The zero-order valence-electron chi connectivity index (χ0n) is 10.1. The Kier molecular flexibility index (Phi) is 8.93. The van der Waals surface area contributed by atoms with Gasteiger partial charge in [0, 0.05) is 9.65 Å². The topological polar surface area (TPSA) is 0 Å². The minimum absolute atomic E-state index is 0.222. The lowest BCUT2D eigenvalue weighted by Crippen LogP contribution is -2.47. The average Bonchev–Trinajstić information content (AvgIpc) is 2.30. The molecule has 1 aliphatic rings. The van der Waals surface area contributed by atoms with Crippen LogP contribution < -0.4 is 0 Å². The van der Waals surface area contributed by atoms with Crippen molar-refractivity contribution in [1.29, 1.82) is 0 Å². The lowest BCUT2D eigenvalue weighted by atomic mass is 10.0. The van der Waals surface area contributed by atoms with Gasteiger partial charge in [-0.3, -0.25) is 0 Å². The van der Waals surface area contributed by atoms with Crippen LogP contribution in [0.15, 0.2) is 0 Å². The summed E-state index contributed by atoms with van der Waals surface area (Å²) in [5, 5.41) is 0. The summed E-state index contributed by atoms with van der Waals surface area (Å²) >= 11 is 23.1. The molecule has 0 aromatic rings. The third kappa shape index (κ3) is 4.96. The van der Waals surface area contributed by atoms with Gasteiger partial charge in [0.2, 0.25) is 0 Å². The molecule has 0 N–H and O–H groups in total. The Labute approximate surface area is 161 Å². The maximum atomic E-state index is 3.86. The van der Waals surface area contributed by atoms with Crippen LogP contribution in [0.25, 0.3) is 0 Å². The van der Waals surface area contributed by atoms with Gasteiger partial charge in [-0.15, -0.1) is 0 Å². The van der Waals surface area contributed by atoms with Gasteiger partial charge < -0.3 is 0 Å². The molecular weight excluding hydrogens is 624 g/mol. The first-order valence-corrected chi connectivity index (χ1v) is 11.3. The molecule has 0 heterocycles. The smallest absolute Gasteiger partial charge is 0.0865 e. The standard InChI is InChI=1S/C12H18Br6/c13-9-7-5-3-1-2-4-6-8-10(14)12(17,18)11(9,15)16/h9-10H,1-8H2. The highest BCUT2D eigenvalue weighted by molar-refractivity contribution is 9.31. The fourth-order valence-electron chi connectivity index (χ4n) is 2.13. The predicted molar refractivity (Wildman–Crippen MR) is 104 cm³/mol. The minimum Gasteiger partial charge on any atom is -0.0865 e. The maximum Gasteiger partial charge on any atom is 0.119 e. The van der Waals surface area contributed by atoms with Crippen molar-refractivity contribution in [2.75, 3.05) is 0 Å². The number of alkyl halides is 6. The van der Waals surface area contributed by atoms with E-state index >= 15 is 0 Å². The largest absolute Gasteiger partial charge is 0.119 e. The Morgan fingerprint density at radius 3 is 1.17 bits per heavy atom. The summed E-state index contributed by atoms with van der Waals surface area (Å²) in [4.78, 5) is 0.728. The van der Waals surface area contributed by atoms with Crippen LogP contribution in [0.1, 0.15) is 51.4 Å². The highest BCUT2D eigenvalue weighted by atomic mass is 79.9. The SMILES string of the molecule is BrC1CCCCCCCCC(Br)C(Br)(Br)C1(Br)Br. The molecule has 2 atom stereocenters.